The van der Waals surface area contributed by atoms with Crippen molar-refractivity contribution in [1.29, 1.82) is 0 Å². The third kappa shape index (κ3) is 2.77. The number of hydrogen-bond acceptors (Lipinski definition) is 6. The Morgan fingerprint density at radius 1 is 1.25 bits per heavy atom. The van der Waals surface area contributed by atoms with E-state index in [0.29, 0.717) is 0 Å². The number of morpholine rings is 1. The van der Waals surface area contributed by atoms with Gasteiger partial charge < -0.3 is 15.1 Å². The molecule has 1 atom stereocenters. The van der Waals surface area contributed by atoms with E-state index < -0.39 is 0 Å². The number of aryl methyl sites for hydroxylation is 1. The molecule has 0 radical (unpaired) electrons. The summed E-state index contributed by atoms with van der Waals surface area (Å²) in [5.41, 5.74) is 5.10. The molecule has 110 valence electrons. The summed E-state index contributed by atoms with van der Waals surface area (Å²) >= 11 is 0. The fourth-order valence-corrected chi connectivity index (χ4v) is 2.99. The minimum Gasteiger partial charge on any atom is -0.368 e. The van der Waals surface area contributed by atoms with E-state index in [4.69, 9.17) is 15.6 Å². The number of likely N-dealkylation sites (N-methyl/N-ethyl adjacent to an activating group) is 1. The van der Waals surface area contributed by atoms with Crippen molar-refractivity contribution in [1.82, 2.24) is 14.9 Å². The zero-order valence-corrected chi connectivity index (χ0v) is 12.1. The Morgan fingerprint density at radius 2 is 2.10 bits per heavy atom. The molecule has 1 aliphatic carbocycles. The summed E-state index contributed by atoms with van der Waals surface area (Å²) < 4.78 is 5.82. The van der Waals surface area contributed by atoms with Gasteiger partial charge in [-0.1, -0.05) is 6.42 Å². The van der Waals surface area contributed by atoms with Crippen LogP contribution >= 0.6 is 0 Å². The first-order chi connectivity index (χ1) is 9.78. The second-order valence-corrected chi connectivity index (χ2v) is 5.68. The molecule has 3 rings (SSSR count). The molecule has 20 heavy (non-hydrogen) atoms. The van der Waals surface area contributed by atoms with Crippen LogP contribution in [0.5, 0.6) is 0 Å². The molecule has 6 heteroatoms. The molecule has 6 nitrogen and oxygen atoms in total. The van der Waals surface area contributed by atoms with Gasteiger partial charge in [0, 0.05) is 24.3 Å². The number of nitrogens with one attached hydrogen (secondary N) is 1. The maximum Gasteiger partial charge on any atom is 0.161 e. The number of nitrogens with zero attached hydrogens (tertiary/aromatic N) is 3. The average molecular weight is 277 g/mol. The van der Waals surface area contributed by atoms with E-state index in [-0.39, 0.29) is 6.10 Å². The quantitative estimate of drug-likeness (QED) is 0.478. The minimum atomic E-state index is -0.0468. The molecule has 1 unspecified atom stereocenters. The largest absolute Gasteiger partial charge is 0.368 e. The number of nitrogens with two attached hydrogens (primary N) is 1. The third-order valence-corrected chi connectivity index (χ3v) is 4.14. The number of anilines is 1. The summed E-state index contributed by atoms with van der Waals surface area (Å²) in [5, 5.41) is 0. The molecule has 1 aromatic heterocycles. The van der Waals surface area contributed by atoms with Crippen LogP contribution in [0.3, 0.4) is 0 Å². The number of hydrazine groups is 1. The van der Waals surface area contributed by atoms with Crippen LogP contribution in [0, 0.1) is 0 Å². The molecule has 1 saturated heterocycles. The SMILES string of the molecule is CN1CCOC(c2nc3c(c(NN)n2)CCCCC3)C1. The predicted octanol–water partition coefficient (Wildman–Crippen LogP) is 1.03. The van der Waals surface area contributed by atoms with E-state index in [2.05, 4.69) is 22.4 Å². The summed E-state index contributed by atoms with van der Waals surface area (Å²) in [6.07, 6.45) is 5.61. The molecule has 2 heterocycles. The first-order valence-corrected chi connectivity index (χ1v) is 7.44. The maximum atomic E-state index is 5.82. The summed E-state index contributed by atoms with van der Waals surface area (Å²) in [4.78, 5) is 11.6. The number of nitrogen functional groups attached to an aromatic ring is 1. The second kappa shape index (κ2) is 6.03. The zero-order chi connectivity index (χ0) is 13.9. The van der Waals surface area contributed by atoms with Crippen molar-refractivity contribution in [3.63, 3.8) is 0 Å². The standard InChI is InChI=1S/C14H23N5O/c1-19-7-8-20-12(9-19)14-16-11-6-4-2-3-5-10(11)13(17-14)18-15/h12H,2-9,15H2,1H3,(H,16,17,18). The van der Waals surface area contributed by atoms with Crippen LogP contribution in [0.25, 0.3) is 0 Å². The lowest BCUT2D eigenvalue weighted by molar-refractivity contribution is -0.0255. The monoisotopic (exact) mass is 277 g/mol. The third-order valence-electron chi connectivity index (χ3n) is 4.14. The highest BCUT2D eigenvalue weighted by molar-refractivity contribution is 5.46. The van der Waals surface area contributed by atoms with E-state index in [0.717, 1.165) is 49.9 Å². The molecule has 0 bridgehead atoms. The van der Waals surface area contributed by atoms with E-state index in [1.807, 2.05) is 0 Å². The number of aromatic nitrogens is 2. The number of rotatable bonds is 2. The van der Waals surface area contributed by atoms with Crippen LogP contribution in [0.15, 0.2) is 0 Å². The van der Waals surface area contributed by atoms with Crippen molar-refractivity contribution in [2.75, 3.05) is 32.2 Å². The van der Waals surface area contributed by atoms with Gasteiger partial charge in [-0.3, -0.25) is 0 Å². The summed E-state index contributed by atoms with van der Waals surface area (Å²) in [5.74, 6) is 7.21. The summed E-state index contributed by atoms with van der Waals surface area (Å²) in [7, 11) is 2.10. The molecule has 0 spiro atoms. The lowest BCUT2D eigenvalue weighted by atomic mass is 10.1. The van der Waals surface area contributed by atoms with Gasteiger partial charge in [-0.25, -0.2) is 15.8 Å². The van der Waals surface area contributed by atoms with Gasteiger partial charge in [-0.15, -0.1) is 0 Å². The molecule has 1 aliphatic heterocycles. The summed E-state index contributed by atoms with van der Waals surface area (Å²) in [6.45, 7) is 2.53. The van der Waals surface area contributed by atoms with Crippen molar-refractivity contribution >= 4 is 5.82 Å². The van der Waals surface area contributed by atoms with E-state index in [1.54, 1.807) is 0 Å². The van der Waals surface area contributed by atoms with Crippen LogP contribution < -0.4 is 11.3 Å². The minimum absolute atomic E-state index is 0.0468. The Balaban J connectivity index is 1.93. The smallest absolute Gasteiger partial charge is 0.161 e. The molecular weight excluding hydrogens is 254 g/mol. The van der Waals surface area contributed by atoms with Crippen LogP contribution in [0.4, 0.5) is 5.82 Å². The average Bonchev–Trinajstić information content (AvgIpc) is 2.71. The van der Waals surface area contributed by atoms with Gasteiger partial charge in [0.25, 0.3) is 0 Å². The van der Waals surface area contributed by atoms with Gasteiger partial charge in [-0.05, 0) is 32.7 Å². The molecule has 0 aromatic carbocycles. The Labute approximate surface area is 119 Å². The number of ether oxygens (including phenoxy) is 1. The number of fused-ring (bicyclic) bond motifs is 1. The fourth-order valence-electron chi connectivity index (χ4n) is 2.99. The Morgan fingerprint density at radius 3 is 2.90 bits per heavy atom. The Hall–Kier alpha value is -1.24. The van der Waals surface area contributed by atoms with Crippen LogP contribution in [-0.2, 0) is 17.6 Å². The van der Waals surface area contributed by atoms with Gasteiger partial charge >= 0.3 is 0 Å². The van der Waals surface area contributed by atoms with E-state index in [1.165, 1.54) is 24.8 Å². The predicted molar refractivity (Wildman–Crippen MR) is 77.3 cm³/mol. The fraction of sp³-hybridized carbons (Fsp3) is 0.714. The van der Waals surface area contributed by atoms with E-state index >= 15 is 0 Å². The van der Waals surface area contributed by atoms with Crippen LogP contribution in [0.1, 0.15) is 42.4 Å². The Bertz CT molecular complexity index is 479. The van der Waals surface area contributed by atoms with Gasteiger partial charge in [0.2, 0.25) is 0 Å². The highest BCUT2D eigenvalue weighted by Gasteiger charge is 2.25. The Kier molecular flexibility index (Phi) is 4.14. The van der Waals surface area contributed by atoms with E-state index in [9.17, 15) is 0 Å². The molecule has 1 fully saturated rings. The number of hydrogen-bond donors (Lipinski definition) is 2. The van der Waals surface area contributed by atoms with Crippen molar-refractivity contribution in [3.05, 3.63) is 17.1 Å². The van der Waals surface area contributed by atoms with Crippen LogP contribution in [-0.4, -0.2) is 41.6 Å². The van der Waals surface area contributed by atoms with Gasteiger partial charge in [0.15, 0.2) is 5.82 Å². The molecular formula is C14H23N5O. The first kappa shape index (κ1) is 13.7. The van der Waals surface area contributed by atoms with Gasteiger partial charge in [0.05, 0.1) is 6.61 Å². The highest BCUT2D eigenvalue weighted by Crippen LogP contribution is 2.27. The highest BCUT2D eigenvalue weighted by atomic mass is 16.5. The van der Waals surface area contributed by atoms with Crippen molar-refractivity contribution in [2.45, 2.75) is 38.2 Å². The maximum absolute atomic E-state index is 5.82. The lowest BCUT2D eigenvalue weighted by Crippen LogP contribution is -2.36. The molecule has 3 N–H and O–H groups in total. The lowest BCUT2D eigenvalue weighted by Gasteiger charge is -2.29. The van der Waals surface area contributed by atoms with Gasteiger partial charge in [0.1, 0.15) is 11.9 Å². The molecule has 0 saturated carbocycles. The zero-order valence-electron chi connectivity index (χ0n) is 12.1. The second-order valence-electron chi connectivity index (χ2n) is 5.68. The first-order valence-electron chi connectivity index (χ1n) is 7.44. The topological polar surface area (TPSA) is 76.3 Å². The molecule has 1 aromatic rings. The van der Waals surface area contributed by atoms with Crippen molar-refractivity contribution in [2.24, 2.45) is 5.84 Å². The molecule has 2 aliphatic rings. The molecule has 0 amide bonds. The normalized spacial score (nSPS) is 24.0. The van der Waals surface area contributed by atoms with Crippen molar-refractivity contribution < 1.29 is 4.74 Å². The summed E-state index contributed by atoms with van der Waals surface area (Å²) in [6, 6.07) is 0. The van der Waals surface area contributed by atoms with Crippen molar-refractivity contribution in [3.8, 4) is 0 Å². The van der Waals surface area contributed by atoms with Gasteiger partial charge in [-0.2, -0.15) is 0 Å². The van der Waals surface area contributed by atoms with Crippen LogP contribution in [0.2, 0.25) is 0 Å².